The number of nitrogens with zero attached hydrogens (tertiary/aromatic N) is 1. The molecular weight excluding hydrogens is 416 g/mol. The highest BCUT2D eigenvalue weighted by molar-refractivity contribution is 6.30. The van der Waals surface area contributed by atoms with E-state index in [0.717, 1.165) is 6.07 Å². The molecule has 0 spiro atoms. The van der Waals surface area contributed by atoms with Crippen LogP contribution in [0.15, 0.2) is 42.0 Å². The van der Waals surface area contributed by atoms with Crippen LogP contribution >= 0.6 is 11.6 Å². The Morgan fingerprint density at radius 3 is 2.73 bits per heavy atom. The summed E-state index contributed by atoms with van der Waals surface area (Å²) in [4.78, 5) is 35.2. The second kappa shape index (κ2) is 8.83. The van der Waals surface area contributed by atoms with Gasteiger partial charge >= 0.3 is 5.97 Å². The zero-order chi connectivity index (χ0) is 21.8. The number of hydrogen-bond acceptors (Lipinski definition) is 7. The van der Waals surface area contributed by atoms with Gasteiger partial charge in [-0.3, -0.25) is 14.9 Å². The summed E-state index contributed by atoms with van der Waals surface area (Å²) < 4.78 is 15.8. The zero-order valence-corrected chi connectivity index (χ0v) is 16.8. The van der Waals surface area contributed by atoms with Crippen LogP contribution in [0, 0.1) is 10.1 Å². The van der Waals surface area contributed by atoms with Gasteiger partial charge in [0.25, 0.3) is 11.6 Å². The van der Waals surface area contributed by atoms with Gasteiger partial charge in [0.15, 0.2) is 6.10 Å². The van der Waals surface area contributed by atoms with Crippen LogP contribution < -0.4 is 14.8 Å². The summed E-state index contributed by atoms with van der Waals surface area (Å²) in [5.74, 6) is -0.596. The molecule has 156 valence electrons. The molecule has 1 aliphatic rings. The van der Waals surface area contributed by atoms with Gasteiger partial charge in [0.2, 0.25) is 0 Å². The zero-order valence-electron chi connectivity index (χ0n) is 16.0. The van der Waals surface area contributed by atoms with Crippen LogP contribution in [0.5, 0.6) is 11.5 Å². The van der Waals surface area contributed by atoms with E-state index in [1.54, 1.807) is 24.3 Å². The molecule has 30 heavy (non-hydrogen) atoms. The minimum atomic E-state index is -1.18. The molecule has 1 N–H and O–H groups in total. The van der Waals surface area contributed by atoms with Gasteiger partial charge in [-0.25, -0.2) is 4.79 Å². The Balaban J connectivity index is 1.70. The van der Waals surface area contributed by atoms with Crippen LogP contribution in [0.2, 0.25) is 5.02 Å². The molecule has 2 aromatic rings. The third kappa shape index (κ3) is 4.69. The van der Waals surface area contributed by atoms with E-state index in [1.165, 1.54) is 26.2 Å². The van der Waals surface area contributed by atoms with Crippen molar-refractivity contribution in [2.45, 2.75) is 13.0 Å². The molecule has 3 rings (SSSR count). The number of methoxy groups -OCH3 is 1. The van der Waals surface area contributed by atoms with Crippen molar-refractivity contribution in [1.82, 2.24) is 0 Å². The number of rotatable bonds is 6. The molecule has 1 amide bonds. The van der Waals surface area contributed by atoms with Crippen molar-refractivity contribution in [3.8, 4) is 11.5 Å². The molecule has 10 heteroatoms. The molecule has 1 unspecified atom stereocenters. The van der Waals surface area contributed by atoms with Crippen LogP contribution in [0.1, 0.15) is 12.5 Å². The molecule has 0 saturated carbocycles. The van der Waals surface area contributed by atoms with Crippen molar-refractivity contribution in [1.29, 1.82) is 0 Å². The SMILES string of the molecule is COc1ccc([N+](=O)[O-])cc1NC(=O)C(C)OC(=O)C1=Cc2cc(Cl)ccc2OC1. The lowest BCUT2D eigenvalue weighted by molar-refractivity contribution is -0.384. The van der Waals surface area contributed by atoms with Crippen LogP contribution in [-0.2, 0) is 14.3 Å². The summed E-state index contributed by atoms with van der Waals surface area (Å²) in [6, 6.07) is 8.78. The number of nitro benzene ring substituents is 1. The van der Waals surface area contributed by atoms with Crippen molar-refractivity contribution >= 4 is 40.9 Å². The Kier molecular flexibility index (Phi) is 6.22. The third-order valence-corrected chi connectivity index (χ3v) is 4.49. The number of fused-ring (bicyclic) bond motifs is 1. The lowest BCUT2D eigenvalue weighted by atomic mass is 10.1. The molecule has 2 aromatic carbocycles. The van der Waals surface area contributed by atoms with Gasteiger partial charge in [-0.1, -0.05) is 11.6 Å². The minimum absolute atomic E-state index is 0.0134. The predicted octanol–water partition coefficient (Wildman–Crippen LogP) is 3.60. The Labute approximate surface area is 176 Å². The smallest absolute Gasteiger partial charge is 0.338 e. The summed E-state index contributed by atoms with van der Waals surface area (Å²) >= 11 is 5.96. The van der Waals surface area contributed by atoms with Gasteiger partial charge in [0, 0.05) is 22.7 Å². The quantitative estimate of drug-likeness (QED) is 0.421. The molecule has 0 saturated heterocycles. The average Bonchev–Trinajstić information content (AvgIpc) is 2.72. The standard InChI is InChI=1S/C20H17ClN2O7/c1-11(19(24)22-16-9-15(23(26)27)4-6-18(16)28-2)30-20(25)13-7-12-8-14(21)3-5-17(12)29-10-13/h3-9,11H,10H2,1-2H3,(H,22,24). The lowest BCUT2D eigenvalue weighted by Crippen LogP contribution is -2.31. The van der Waals surface area contributed by atoms with Crippen LogP contribution in [0.25, 0.3) is 6.08 Å². The fraction of sp³-hybridized carbons (Fsp3) is 0.200. The predicted molar refractivity (Wildman–Crippen MR) is 109 cm³/mol. The van der Waals surface area contributed by atoms with E-state index in [2.05, 4.69) is 5.32 Å². The normalized spacial score (nSPS) is 13.2. The Morgan fingerprint density at radius 2 is 2.03 bits per heavy atom. The van der Waals surface area contributed by atoms with E-state index < -0.39 is 22.9 Å². The van der Waals surface area contributed by atoms with Gasteiger partial charge in [0.05, 0.1) is 23.3 Å². The molecule has 0 fully saturated rings. The van der Waals surface area contributed by atoms with Crippen molar-refractivity contribution in [3.05, 3.63) is 62.7 Å². The molecular formula is C20H17ClN2O7. The fourth-order valence-corrected chi connectivity index (χ4v) is 2.88. The summed E-state index contributed by atoms with van der Waals surface area (Å²) in [5, 5.41) is 13.9. The number of esters is 1. The molecule has 0 radical (unpaired) electrons. The topological polar surface area (TPSA) is 117 Å². The number of non-ortho nitro benzene ring substituents is 1. The molecule has 0 aliphatic carbocycles. The first kappa shape index (κ1) is 21.1. The van der Waals surface area contributed by atoms with Crippen molar-refractivity contribution in [2.75, 3.05) is 19.0 Å². The summed E-state index contributed by atoms with van der Waals surface area (Å²) in [6.07, 6.45) is 0.407. The Bertz CT molecular complexity index is 1050. The molecule has 1 heterocycles. The summed E-state index contributed by atoms with van der Waals surface area (Å²) in [6.45, 7) is 1.37. The highest BCUT2D eigenvalue weighted by Gasteiger charge is 2.24. The highest BCUT2D eigenvalue weighted by atomic mass is 35.5. The number of hydrogen-bond donors (Lipinski definition) is 1. The van der Waals surface area contributed by atoms with Crippen LogP contribution in [-0.4, -0.2) is 36.6 Å². The Hall–Kier alpha value is -3.59. The summed E-state index contributed by atoms with van der Waals surface area (Å²) in [5.41, 5.74) is 0.706. The number of halogens is 1. The Morgan fingerprint density at radius 1 is 1.27 bits per heavy atom. The monoisotopic (exact) mass is 432 g/mol. The molecule has 1 aliphatic heterocycles. The van der Waals surface area contributed by atoms with E-state index in [1.807, 2.05) is 0 Å². The second-order valence-electron chi connectivity index (χ2n) is 6.32. The van der Waals surface area contributed by atoms with E-state index in [4.69, 9.17) is 25.8 Å². The van der Waals surface area contributed by atoms with Gasteiger partial charge in [-0.15, -0.1) is 0 Å². The number of carbonyl (C=O) groups is 2. The van der Waals surface area contributed by atoms with Crippen molar-refractivity contribution < 1.29 is 28.7 Å². The largest absolute Gasteiger partial charge is 0.495 e. The summed E-state index contributed by atoms with van der Waals surface area (Å²) in [7, 11) is 1.36. The first-order valence-electron chi connectivity index (χ1n) is 8.75. The van der Waals surface area contributed by atoms with Gasteiger partial charge in [-0.2, -0.15) is 0 Å². The highest BCUT2D eigenvalue weighted by Crippen LogP contribution is 2.30. The number of benzene rings is 2. The molecule has 9 nitrogen and oxygen atoms in total. The number of nitro groups is 1. The van der Waals surface area contributed by atoms with Crippen LogP contribution in [0.3, 0.4) is 0 Å². The maximum absolute atomic E-state index is 12.4. The van der Waals surface area contributed by atoms with E-state index in [0.29, 0.717) is 16.3 Å². The van der Waals surface area contributed by atoms with E-state index in [-0.39, 0.29) is 29.3 Å². The van der Waals surface area contributed by atoms with E-state index in [9.17, 15) is 19.7 Å². The lowest BCUT2D eigenvalue weighted by Gasteiger charge is -2.19. The number of ether oxygens (including phenoxy) is 3. The number of carbonyl (C=O) groups excluding carboxylic acids is 2. The average molecular weight is 433 g/mol. The van der Waals surface area contributed by atoms with Gasteiger partial charge in [0.1, 0.15) is 18.1 Å². The molecule has 1 atom stereocenters. The maximum atomic E-state index is 12.4. The number of anilines is 1. The first-order valence-corrected chi connectivity index (χ1v) is 9.13. The van der Waals surface area contributed by atoms with Crippen LogP contribution in [0.4, 0.5) is 11.4 Å². The fourth-order valence-electron chi connectivity index (χ4n) is 2.70. The van der Waals surface area contributed by atoms with Gasteiger partial charge < -0.3 is 19.5 Å². The number of amides is 1. The molecule has 0 bridgehead atoms. The van der Waals surface area contributed by atoms with E-state index >= 15 is 0 Å². The van der Waals surface area contributed by atoms with Crippen molar-refractivity contribution in [3.63, 3.8) is 0 Å². The van der Waals surface area contributed by atoms with Crippen molar-refractivity contribution in [2.24, 2.45) is 0 Å². The third-order valence-electron chi connectivity index (χ3n) is 4.25. The van der Waals surface area contributed by atoms with Gasteiger partial charge in [-0.05, 0) is 37.3 Å². The second-order valence-corrected chi connectivity index (χ2v) is 6.76. The minimum Gasteiger partial charge on any atom is -0.495 e. The number of nitrogens with one attached hydrogen (secondary N) is 1. The first-order chi connectivity index (χ1) is 14.3. The molecule has 0 aromatic heterocycles. The maximum Gasteiger partial charge on any atom is 0.338 e.